The number of likely N-dealkylation sites (N-methyl/N-ethyl adjacent to an activating group) is 1. The van der Waals surface area contributed by atoms with Crippen LogP contribution >= 0.6 is 0 Å². The maximum atomic E-state index is 13.6. The Balaban J connectivity index is 1.30. The second-order valence-corrected chi connectivity index (χ2v) is 13.9. The van der Waals surface area contributed by atoms with Crippen LogP contribution < -0.4 is 9.47 Å². The Morgan fingerprint density at radius 3 is 2.70 bits per heavy atom. The molecule has 1 N–H and O–H groups in total. The number of methoxy groups -OCH3 is 1. The smallest absolute Gasteiger partial charge is 0.218 e. The minimum atomic E-state index is -3.56. The highest BCUT2D eigenvalue weighted by atomic mass is 32.2. The van der Waals surface area contributed by atoms with Crippen molar-refractivity contribution in [2.24, 2.45) is 11.8 Å². The first kappa shape index (κ1) is 23.8. The average Bonchev–Trinajstić information content (AvgIpc) is 3.64. The van der Waals surface area contributed by atoms with Gasteiger partial charge in [-0.2, -0.15) is 4.31 Å². The number of ether oxygens (including phenoxy) is 2. The second kappa shape index (κ2) is 8.35. The average molecular weight is 525 g/mol. The number of aromatic hydroxyl groups is 1. The predicted octanol–water partition coefficient (Wildman–Crippen LogP) is 3.68. The van der Waals surface area contributed by atoms with Crippen molar-refractivity contribution in [3.05, 3.63) is 53.1 Å². The fraction of sp³-hybridized carbons (Fsp3) is 0.586. The Bertz CT molecular complexity index is 1330. The summed E-state index contributed by atoms with van der Waals surface area (Å²) in [6.45, 7) is 2.12. The molecule has 1 spiro atoms. The van der Waals surface area contributed by atoms with E-state index in [0.29, 0.717) is 17.7 Å². The molecule has 2 heterocycles. The van der Waals surface area contributed by atoms with Crippen LogP contribution in [0.15, 0.2) is 36.4 Å². The van der Waals surface area contributed by atoms with E-state index in [2.05, 4.69) is 4.90 Å². The van der Waals surface area contributed by atoms with E-state index in [1.807, 2.05) is 30.3 Å². The SMILES string of the molecule is COc1cc(O)c2c3c1O[C@H]1[C@@H](N(C)S(=O)(=O)Cc4ccccc4)CC[C@H]4[C@@H](C2)N(CC2CC2)CC[C@@]341. The van der Waals surface area contributed by atoms with Gasteiger partial charge in [0.1, 0.15) is 11.9 Å². The summed E-state index contributed by atoms with van der Waals surface area (Å²) >= 11 is 0. The van der Waals surface area contributed by atoms with Gasteiger partial charge in [-0.05, 0) is 62.5 Å². The highest BCUT2D eigenvalue weighted by molar-refractivity contribution is 7.88. The number of benzene rings is 2. The maximum absolute atomic E-state index is 13.6. The number of phenols is 1. The van der Waals surface area contributed by atoms with Gasteiger partial charge in [0.15, 0.2) is 11.5 Å². The highest BCUT2D eigenvalue weighted by Crippen LogP contribution is 2.65. The van der Waals surface area contributed by atoms with Crippen LogP contribution in [-0.2, 0) is 27.6 Å². The molecule has 7 nitrogen and oxygen atoms in total. The third kappa shape index (κ3) is 3.48. The van der Waals surface area contributed by atoms with Crippen LogP contribution in [0.4, 0.5) is 0 Å². The minimum absolute atomic E-state index is 0.0237. The number of nitrogens with zero attached hydrogens (tertiary/aromatic N) is 2. The van der Waals surface area contributed by atoms with E-state index in [9.17, 15) is 13.5 Å². The van der Waals surface area contributed by atoms with Crippen LogP contribution in [-0.4, -0.2) is 68.2 Å². The van der Waals surface area contributed by atoms with Crippen LogP contribution in [0.1, 0.15) is 48.8 Å². The Morgan fingerprint density at radius 1 is 1.19 bits per heavy atom. The van der Waals surface area contributed by atoms with E-state index in [1.165, 1.54) is 12.8 Å². The quantitative estimate of drug-likeness (QED) is 0.595. The normalized spacial score (nSPS) is 32.2. The molecule has 3 aliphatic carbocycles. The van der Waals surface area contributed by atoms with Crippen molar-refractivity contribution in [2.45, 2.75) is 67.9 Å². The molecule has 2 aliphatic heterocycles. The van der Waals surface area contributed by atoms with Crippen molar-refractivity contribution in [3.8, 4) is 17.2 Å². The fourth-order valence-corrected chi connectivity index (χ4v) is 9.57. The van der Waals surface area contributed by atoms with Gasteiger partial charge in [-0.15, -0.1) is 0 Å². The highest BCUT2D eigenvalue weighted by Gasteiger charge is 2.67. The molecule has 0 unspecified atom stereocenters. The van der Waals surface area contributed by atoms with Crippen molar-refractivity contribution in [3.63, 3.8) is 0 Å². The zero-order chi connectivity index (χ0) is 25.5. The summed E-state index contributed by atoms with van der Waals surface area (Å²) in [5, 5.41) is 11.1. The molecule has 37 heavy (non-hydrogen) atoms. The number of likely N-dealkylation sites (tertiary alicyclic amines) is 1. The first-order valence-electron chi connectivity index (χ1n) is 13.7. The third-order valence-corrected chi connectivity index (χ3v) is 11.8. The summed E-state index contributed by atoms with van der Waals surface area (Å²) < 4.78 is 41.4. The van der Waals surface area contributed by atoms with Gasteiger partial charge in [0.05, 0.1) is 18.9 Å². The standard InChI is InChI=1S/C29H36N2O5S/c1-30(37(33,34)17-19-6-4-3-5-7-19)22-11-10-21-23-14-20-24(32)15-25(35-2)27-26(20)29(21,28(22)36-27)12-13-31(23)16-18-8-9-18/h3-7,15,18,21-23,28,32H,8-14,16-17H2,1-2H3/t21-,22-,23+,28-,29-/m0/s1. The van der Waals surface area contributed by atoms with Gasteiger partial charge >= 0.3 is 0 Å². The largest absolute Gasteiger partial charge is 0.508 e. The number of piperidine rings is 1. The number of hydrogen-bond donors (Lipinski definition) is 1. The molecule has 0 radical (unpaired) electrons. The molecule has 198 valence electrons. The van der Waals surface area contributed by atoms with Gasteiger partial charge in [0, 0.05) is 42.2 Å². The van der Waals surface area contributed by atoms with Gasteiger partial charge in [0.2, 0.25) is 10.0 Å². The van der Waals surface area contributed by atoms with Crippen molar-refractivity contribution in [2.75, 3.05) is 27.2 Å². The summed E-state index contributed by atoms with van der Waals surface area (Å²) in [4.78, 5) is 2.67. The Labute approximate surface area is 219 Å². The topological polar surface area (TPSA) is 79.3 Å². The molecule has 2 aromatic carbocycles. The number of sulfonamides is 1. The Hall–Kier alpha value is -2.29. The van der Waals surface area contributed by atoms with Crippen LogP contribution in [0.5, 0.6) is 17.2 Å². The molecular weight excluding hydrogens is 488 g/mol. The molecule has 0 amide bonds. The van der Waals surface area contributed by atoms with Gasteiger partial charge in [0.25, 0.3) is 0 Å². The lowest BCUT2D eigenvalue weighted by molar-refractivity contribution is -0.0754. The van der Waals surface area contributed by atoms with Crippen LogP contribution in [0.2, 0.25) is 0 Å². The minimum Gasteiger partial charge on any atom is -0.508 e. The molecule has 3 fully saturated rings. The lowest BCUT2D eigenvalue weighted by atomic mass is 9.51. The van der Waals surface area contributed by atoms with Gasteiger partial charge in [-0.25, -0.2) is 8.42 Å². The van der Waals surface area contributed by atoms with Gasteiger partial charge in [-0.3, -0.25) is 4.90 Å². The van der Waals surface area contributed by atoms with E-state index >= 15 is 0 Å². The molecule has 7 rings (SSSR count). The van der Waals surface area contributed by atoms with Crippen LogP contribution in [0, 0.1) is 11.8 Å². The summed E-state index contributed by atoms with van der Waals surface area (Å²) in [6.07, 6.45) is 5.81. The summed E-state index contributed by atoms with van der Waals surface area (Å²) in [6, 6.07) is 11.2. The molecular formula is C29H36N2O5S. The summed E-state index contributed by atoms with van der Waals surface area (Å²) in [5.41, 5.74) is 2.56. The summed E-state index contributed by atoms with van der Waals surface area (Å²) in [5.74, 6) is 2.71. The van der Waals surface area contributed by atoms with E-state index in [4.69, 9.17) is 9.47 Å². The molecule has 2 aromatic rings. The predicted molar refractivity (Wildman–Crippen MR) is 140 cm³/mol. The number of rotatable bonds is 7. The number of phenolic OH excluding ortho intramolecular Hbond substituents is 1. The Kier molecular flexibility index (Phi) is 5.37. The molecule has 2 saturated carbocycles. The molecule has 1 saturated heterocycles. The zero-order valence-corrected chi connectivity index (χ0v) is 22.4. The first-order valence-corrected chi connectivity index (χ1v) is 15.3. The van der Waals surface area contributed by atoms with Crippen LogP contribution in [0.25, 0.3) is 0 Å². The van der Waals surface area contributed by atoms with E-state index < -0.39 is 10.0 Å². The van der Waals surface area contributed by atoms with Crippen molar-refractivity contribution >= 4 is 10.0 Å². The summed E-state index contributed by atoms with van der Waals surface area (Å²) in [7, 11) is -0.225. The molecule has 0 aromatic heterocycles. The fourth-order valence-electron chi connectivity index (χ4n) is 8.13. The third-order valence-electron chi connectivity index (χ3n) is 10.00. The zero-order valence-electron chi connectivity index (χ0n) is 21.6. The van der Waals surface area contributed by atoms with Crippen molar-refractivity contribution < 1.29 is 23.0 Å². The molecule has 2 bridgehead atoms. The molecule has 5 atom stereocenters. The number of hydrogen-bond acceptors (Lipinski definition) is 6. The van der Waals surface area contributed by atoms with E-state index in [1.54, 1.807) is 24.5 Å². The molecule has 5 aliphatic rings. The van der Waals surface area contributed by atoms with Crippen molar-refractivity contribution in [1.82, 2.24) is 9.21 Å². The molecule has 8 heteroatoms. The second-order valence-electron chi connectivity index (χ2n) is 11.8. The van der Waals surface area contributed by atoms with Crippen molar-refractivity contribution in [1.29, 1.82) is 0 Å². The van der Waals surface area contributed by atoms with Crippen LogP contribution in [0.3, 0.4) is 0 Å². The monoisotopic (exact) mass is 524 g/mol. The van der Waals surface area contributed by atoms with E-state index in [0.717, 1.165) is 67.1 Å². The first-order chi connectivity index (χ1) is 17.8. The van der Waals surface area contributed by atoms with E-state index in [-0.39, 0.29) is 29.1 Å². The lowest BCUT2D eigenvalue weighted by Crippen LogP contribution is -2.69. The van der Waals surface area contributed by atoms with Gasteiger partial charge < -0.3 is 14.6 Å². The lowest BCUT2D eigenvalue weighted by Gasteiger charge is -2.60. The van der Waals surface area contributed by atoms with Gasteiger partial charge in [-0.1, -0.05) is 30.3 Å². The Morgan fingerprint density at radius 2 is 1.97 bits per heavy atom. The maximum Gasteiger partial charge on any atom is 0.218 e.